The van der Waals surface area contributed by atoms with E-state index in [1.54, 1.807) is 12.1 Å². The number of amides is 2. The van der Waals surface area contributed by atoms with E-state index in [9.17, 15) is 9.18 Å². The summed E-state index contributed by atoms with van der Waals surface area (Å²) in [5.41, 5.74) is 0.790. The van der Waals surface area contributed by atoms with E-state index in [0.717, 1.165) is 5.56 Å². The Labute approximate surface area is 74.9 Å². The number of nitrogens with one attached hydrogen (secondary N) is 2. The third kappa shape index (κ3) is 1.61. The smallest absolute Gasteiger partial charge is 0.315 e. The zero-order chi connectivity index (χ0) is 9.26. The van der Waals surface area contributed by atoms with Gasteiger partial charge in [-0.3, -0.25) is 0 Å². The highest BCUT2D eigenvalue weighted by Crippen LogP contribution is 2.15. The molecule has 0 saturated carbocycles. The fraction of sp³-hybridized carbons (Fsp3) is 0.222. The zero-order valence-corrected chi connectivity index (χ0v) is 6.88. The van der Waals surface area contributed by atoms with Crippen molar-refractivity contribution < 1.29 is 9.18 Å². The normalized spacial score (nSPS) is 21.0. The van der Waals surface area contributed by atoms with E-state index < -0.39 is 0 Å². The van der Waals surface area contributed by atoms with Crippen LogP contribution in [0.1, 0.15) is 11.6 Å². The first kappa shape index (κ1) is 8.04. The maximum absolute atomic E-state index is 12.8. The van der Waals surface area contributed by atoms with Crippen LogP contribution in [0.25, 0.3) is 0 Å². The van der Waals surface area contributed by atoms with Crippen molar-refractivity contribution >= 4 is 6.03 Å². The topological polar surface area (TPSA) is 41.1 Å². The molecule has 1 aromatic carbocycles. The van der Waals surface area contributed by atoms with Crippen molar-refractivity contribution in [3.8, 4) is 0 Å². The molecule has 0 aromatic heterocycles. The molecule has 0 aliphatic carbocycles. The van der Waals surface area contributed by atoms with E-state index in [1.807, 2.05) is 0 Å². The van der Waals surface area contributed by atoms with Gasteiger partial charge in [-0.2, -0.15) is 0 Å². The number of halogens is 1. The Morgan fingerprint density at radius 3 is 2.92 bits per heavy atom. The summed E-state index contributed by atoms with van der Waals surface area (Å²) in [6.07, 6.45) is 0. The van der Waals surface area contributed by atoms with Crippen LogP contribution in [0, 0.1) is 5.82 Å². The summed E-state index contributed by atoms with van der Waals surface area (Å²) in [5.74, 6) is -0.279. The minimum atomic E-state index is -0.279. The maximum Gasteiger partial charge on any atom is 0.315 e. The fourth-order valence-corrected chi connectivity index (χ4v) is 1.38. The lowest BCUT2D eigenvalue weighted by molar-refractivity contribution is 0.247. The van der Waals surface area contributed by atoms with Gasteiger partial charge in [0, 0.05) is 6.54 Å². The van der Waals surface area contributed by atoms with Gasteiger partial charge in [0.2, 0.25) is 0 Å². The molecule has 4 heteroatoms. The van der Waals surface area contributed by atoms with Crippen LogP contribution >= 0.6 is 0 Å². The molecule has 13 heavy (non-hydrogen) atoms. The highest BCUT2D eigenvalue weighted by atomic mass is 19.1. The van der Waals surface area contributed by atoms with Crippen LogP contribution in [-0.4, -0.2) is 12.6 Å². The standard InChI is InChI=1S/C9H9FN2O/c10-7-3-1-2-6(4-7)8-5-11-9(13)12-8/h1-4,8H,5H2,(H2,11,12,13)/t8-/m1/s1. The highest BCUT2D eigenvalue weighted by Gasteiger charge is 2.21. The second-order valence-corrected chi connectivity index (χ2v) is 2.96. The number of hydrogen-bond acceptors (Lipinski definition) is 1. The average Bonchev–Trinajstić information content (AvgIpc) is 2.52. The molecular weight excluding hydrogens is 171 g/mol. The Morgan fingerprint density at radius 1 is 1.46 bits per heavy atom. The Bertz CT molecular complexity index is 340. The molecule has 1 atom stereocenters. The summed E-state index contributed by atoms with van der Waals surface area (Å²) in [7, 11) is 0. The number of hydrogen-bond donors (Lipinski definition) is 2. The van der Waals surface area contributed by atoms with Crippen molar-refractivity contribution in [2.45, 2.75) is 6.04 Å². The molecule has 0 unspecified atom stereocenters. The van der Waals surface area contributed by atoms with Crippen LogP contribution < -0.4 is 10.6 Å². The predicted octanol–water partition coefficient (Wildman–Crippen LogP) is 1.18. The molecular formula is C9H9FN2O. The molecule has 1 aromatic rings. The molecule has 1 aliphatic rings. The van der Waals surface area contributed by atoms with Gasteiger partial charge in [-0.1, -0.05) is 12.1 Å². The van der Waals surface area contributed by atoms with Crippen molar-refractivity contribution in [1.82, 2.24) is 10.6 Å². The number of urea groups is 1. The largest absolute Gasteiger partial charge is 0.336 e. The first-order valence-corrected chi connectivity index (χ1v) is 4.05. The molecule has 0 spiro atoms. The van der Waals surface area contributed by atoms with Crippen molar-refractivity contribution in [1.29, 1.82) is 0 Å². The number of benzene rings is 1. The van der Waals surface area contributed by atoms with Gasteiger partial charge in [-0.05, 0) is 17.7 Å². The molecule has 1 aliphatic heterocycles. The van der Waals surface area contributed by atoms with Crippen LogP contribution in [0.4, 0.5) is 9.18 Å². The van der Waals surface area contributed by atoms with Crippen LogP contribution in [-0.2, 0) is 0 Å². The summed E-state index contributed by atoms with van der Waals surface area (Å²) in [6, 6.07) is 5.93. The predicted molar refractivity (Wildman–Crippen MR) is 45.7 cm³/mol. The van der Waals surface area contributed by atoms with Crippen molar-refractivity contribution in [2.75, 3.05) is 6.54 Å². The van der Waals surface area contributed by atoms with Crippen LogP contribution in [0.2, 0.25) is 0 Å². The van der Waals surface area contributed by atoms with Gasteiger partial charge in [0.25, 0.3) is 0 Å². The monoisotopic (exact) mass is 180 g/mol. The molecule has 1 heterocycles. The summed E-state index contributed by atoms with van der Waals surface area (Å²) in [5, 5.41) is 5.30. The van der Waals surface area contributed by atoms with Crippen LogP contribution in [0.15, 0.2) is 24.3 Å². The number of rotatable bonds is 1. The minimum Gasteiger partial charge on any atom is -0.336 e. The van der Waals surface area contributed by atoms with E-state index in [4.69, 9.17) is 0 Å². The van der Waals surface area contributed by atoms with Gasteiger partial charge < -0.3 is 10.6 Å². The molecule has 2 rings (SSSR count). The van der Waals surface area contributed by atoms with Crippen LogP contribution in [0.5, 0.6) is 0 Å². The second-order valence-electron chi connectivity index (χ2n) is 2.96. The number of carbonyl (C=O) groups excluding carboxylic acids is 1. The lowest BCUT2D eigenvalue weighted by atomic mass is 10.1. The first-order chi connectivity index (χ1) is 6.25. The van der Waals surface area contributed by atoms with E-state index in [-0.39, 0.29) is 17.9 Å². The minimum absolute atomic E-state index is 0.108. The molecule has 1 saturated heterocycles. The van der Waals surface area contributed by atoms with Crippen molar-refractivity contribution in [3.05, 3.63) is 35.6 Å². The Kier molecular flexibility index (Phi) is 1.88. The van der Waals surface area contributed by atoms with Gasteiger partial charge in [-0.25, -0.2) is 9.18 Å². The van der Waals surface area contributed by atoms with E-state index in [1.165, 1.54) is 12.1 Å². The molecule has 3 nitrogen and oxygen atoms in total. The maximum atomic E-state index is 12.8. The van der Waals surface area contributed by atoms with E-state index in [0.29, 0.717) is 6.54 Å². The SMILES string of the molecule is O=C1NC[C@H](c2cccc(F)c2)N1. The van der Waals surface area contributed by atoms with E-state index >= 15 is 0 Å². The summed E-state index contributed by atoms with van der Waals surface area (Å²) in [6.45, 7) is 0.516. The molecule has 0 bridgehead atoms. The van der Waals surface area contributed by atoms with Gasteiger partial charge in [0.1, 0.15) is 5.82 Å². The molecule has 2 amide bonds. The fourth-order valence-electron chi connectivity index (χ4n) is 1.38. The van der Waals surface area contributed by atoms with Gasteiger partial charge in [0.15, 0.2) is 0 Å². The highest BCUT2D eigenvalue weighted by molar-refractivity contribution is 5.76. The van der Waals surface area contributed by atoms with E-state index in [2.05, 4.69) is 10.6 Å². The molecule has 2 N–H and O–H groups in total. The summed E-state index contributed by atoms with van der Waals surface area (Å²) in [4.78, 5) is 10.8. The molecule has 1 fully saturated rings. The quantitative estimate of drug-likeness (QED) is 0.669. The van der Waals surface area contributed by atoms with Crippen LogP contribution in [0.3, 0.4) is 0 Å². The van der Waals surface area contributed by atoms with Crippen molar-refractivity contribution in [3.63, 3.8) is 0 Å². The lowest BCUT2D eigenvalue weighted by Gasteiger charge is -2.07. The average molecular weight is 180 g/mol. The Balaban J connectivity index is 2.21. The lowest BCUT2D eigenvalue weighted by Crippen LogP contribution is -2.21. The zero-order valence-electron chi connectivity index (χ0n) is 6.88. The molecule has 0 radical (unpaired) electrons. The first-order valence-electron chi connectivity index (χ1n) is 4.05. The van der Waals surface area contributed by atoms with Gasteiger partial charge in [-0.15, -0.1) is 0 Å². The Morgan fingerprint density at radius 2 is 2.31 bits per heavy atom. The van der Waals surface area contributed by atoms with Gasteiger partial charge >= 0.3 is 6.03 Å². The second kappa shape index (κ2) is 3.05. The summed E-state index contributed by atoms with van der Waals surface area (Å²) >= 11 is 0. The number of carbonyl (C=O) groups is 1. The third-order valence-electron chi connectivity index (χ3n) is 2.02. The Hall–Kier alpha value is -1.58. The molecule has 68 valence electrons. The van der Waals surface area contributed by atoms with Gasteiger partial charge in [0.05, 0.1) is 6.04 Å². The van der Waals surface area contributed by atoms with Crippen molar-refractivity contribution in [2.24, 2.45) is 0 Å². The summed E-state index contributed by atoms with van der Waals surface area (Å²) < 4.78 is 12.8. The third-order valence-corrected chi connectivity index (χ3v) is 2.02.